The molecule has 0 aliphatic carbocycles. The van der Waals surface area contributed by atoms with Gasteiger partial charge < -0.3 is 5.21 Å². The van der Waals surface area contributed by atoms with E-state index < -0.39 is 0 Å². The molecule has 1 aromatic rings. The van der Waals surface area contributed by atoms with Gasteiger partial charge in [0.05, 0.1) is 5.92 Å². The van der Waals surface area contributed by atoms with Gasteiger partial charge in [0.2, 0.25) is 0 Å². The van der Waals surface area contributed by atoms with Gasteiger partial charge in [-0.25, -0.2) is 4.74 Å². The quantitative estimate of drug-likeness (QED) is 0.330. The Morgan fingerprint density at radius 2 is 2.06 bits per heavy atom. The lowest BCUT2D eigenvalue weighted by Gasteiger charge is -2.10. The fourth-order valence-electron chi connectivity index (χ4n) is 1.52. The highest BCUT2D eigenvalue weighted by Gasteiger charge is 2.15. The molecule has 1 rings (SSSR count). The van der Waals surface area contributed by atoms with E-state index >= 15 is 0 Å². The number of nitrogens with zero attached hydrogens (tertiary/aromatic N) is 1. The summed E-state index contributed by atoms with van der Waals surface area (Å²) in [6.07, 6.45) is 2.22. The van der Waals surface area contributed by atoms with Crippen LogP contribution >= 0.6 is 0 Å². The van der Waals surface area contributed by atoms with E-state index in [-0.39, 0.29) is 18.2 Å². The zero-order chi connectivity index (χ0) is 12.0. The predicted molar refractivity (Wildman–Crippen MR) is 64.6 cm³/mol. The number of hydroxylamine groups is 1. The smallest absolute Gasteiger partial charge is 0.181 e. The third kappa shape index (κ3) is 3.85. The van der Waals surface area contributed by atoms with Gasteiger partial charge in [-0.05, 0) is 25.5 Å². The van der Waals surface area contributed by atoms with Gasteiger partial charge in [0, 0.05) is 5.56 Å². The van der Waals surface area contributed by atoms with Gasteiger partial charge in [0.25, 0.3) is 0 Å². The fraction of sp³-hybridized carbons (Fsp3) is 0.385. The molecule has 0 N–H and O–H groups in total. The highest BCUT2D eigenvalue weighted by Crippen LogP contribution is 2.04. The molecule has 1 unspecified atom stereocenters. The second kappa shape index (κ2) is 6.05. The molecule has 0 aromatic heterocycles. The molecule has 0 aliphatic rings. The molecule has 0 amide bonds. The van der Waals surface area contributed by atoms with Crippen molar-refractivity contribution >= 4 is 12.0 Å². The first-order chi connectivity index (χ1) is 7.63. The summed E-state index contributed by atoms with van der Waals surface area (Å²) in [7, 11) is 0. The Kier molecular flexibility index (Phi) is 4.70. The van der Waals surface area contributed by atoms with E-state index in [1.54, 1.807) is 0 Å². The van der Waals surface area contributed by atoms with E-state index in [2.05, 4.69) is 0 Å². The summed E-state index contributed by atoms with van der Waals surface area (Å²) in [6.45, 7) is 3.69. The lowest BCUT2D eigenvalue weighted by Crippen LogP contribution is -2.22. The number of hydrogen-bond donors (Lipinski definition) is 0. The van der Waals surface area contributed by atoms with Gasteiger partial charge in [-0.2, -0.15) is 0 Å². The molecule has 3 nitrogen and oxygen atoms in total. The summed E-state index contributed by atoms with van der Waals surface area (Å²) in [5.41, 5.74) is 0.857. The molecule has 0 bridgehead atoms. The van der Waals surface area contributed by atoms with Crippen molar-refractivity contribution in [2.24, 2.45) is 5.92 Å². The zero-order valence-electron chi connectivity index (χ0n) is 9.72. The topological polar surface area (TPSA) is 43.1 Å². The summed E-state index contributed by atoms with van der Waals surface area (Å²) in [6, 6.07) is 9.38. The Bertz CT molecular complexity index is 371. The minimum Gasteiger partial charge on any atom is -0.624 e. The maximum atomic E-state index is 11.6. The standard InChI is InChI=1S/C13H17NO2/c1-3-13(11(2)15)10-14(16)9-12-7-5-4-6-8-12/h4-9,13H,3,10H2,1-2H3. The molecule has 0 saturated carbocycles. The van der Waals surface area contributed by atoms with E-state index in [1.165, 1.54) is 13.1 Å². The zero-order valence-corrected chi connectivity index (χ0v) is 9.72. The molecule has 16 heavy (non-hydrogen) atoms. The van der Waals surface area contributed by atoms with Crippen molar-refractivity contribution in [1.82, 2.24) is 0 Å². The number of rotatable bonds is 5. The van der Waals surface area contributed by atoms with Crippen molar-refractivity contribution in [3.63, 3.8) is 0 Å². The number of carbonyl (C=O) groups excluding carboxylic acids is 1. The largest absolute Gasteiger partial charge is 0.624 e. The van der Waals surface area contributed by atoms with Gasteiger partial charge in [-0.15, -0.1) is 0 Å². The number of carbonyl (C=O) groups is 1. The first kappa shape index (κ1) is 12.4. The highest BCUT2D eigenvalue weighted by atomic mass is 16.5. The molecule has 0 aliphatic heterocycles. The Labute approximate surface area is 96.0 Å². The van der Waals surface area contributed by atoms with Crippen LogP contribution in [0.1, 0.15) is 25.8 Å². The van der Waals surface area contributed by atoms with Gasteiger partial charge in [0.1, 0.15) is 5.78 Å². The summed E-state index contributed by atoms with van der Waals surface area (Å²) in [5, 5.41) is 11.6. The number of ketones is 1. The molecule has 1 aromatic carbocycles. The molecule has 0 spiro atoms. The summed E-state index contributed by atoms with van der Waals surface area (Å²) >= 11 is 0. The number of benzene rings is 1. The SMILES string of the molecule is CCC(C[N+]([O-])=Cc1ccccc1)C(C)=O. The predicted octanol–water partition coefficient (Wildman–Crippen LogP) is 2.23. The molecule has 0 fully saturated rings. The van der Waals surface area contributed by atoms with Crippen molar-refractivity contribution in [3.05, 3.63) is 41.1 Å². The normalized spacial score (nSPS) is 13.5. The molecule has 0 heterocycles. The second-order valence-electron chi connectivity index (χ2n) is 3.86. The third-order valence-electron chi connectivity index (χ3n) is 2.56. The van der Waals surface area contributed by atoms with Crippen LogP contribution in [0.15, 0.2) is 30.3 Å². The number of Topliss-reactive ketones (excluding diaryl/α,β-unsaturated/α-hetero) is 1. The minimum absolute atomic E-state index is 0.0739. The first-order valence-electron chi connectivity index (χ1n) is 5.47. The Balaban J connectivity index is 2.68. The molecule has 1 atom stereocenters. The summed E-state index contributed by atoms with van der Waals surface area (Å²) in [5.74, 6) is -0.0951. The molecular formula is C13H17NO2. The van der Waals surface area contributed by atoms with Crippen LogP contribution in [0.2, 0.25) is 0 Å². The average Bonchev–Trinajstić information content (AvgIpc) is 2.27. The van der Waals surface area contributed by atoms with Gasteiger partial charge >= 0.3 is 0 Å². The third-order valence-corrected chi connectivity index (χ3v) is 2.56. The Morgan fingerprint density at radius 1 is 1.44 bits per heavy atom. The van der Waals surface area contributed by atoms with Crippen molar-refractivity contribution in [2.75, 3.05) is 6.54 Å². The molecule has 0 radical (unpaired) electrons. The van der Waals surface area contributed by atoms with Crippen LogP contribution < -0.4 is 0 Å². The van der Waals surface area contributed by atoms with Crippen LogP contribution in [0, 0.1) is 11.1 Å². The van der Waals surface area contributed by atoms with Crippen LogP contribution in [0.4, 0.5) is 0 Å². The maximum Gasteiger partial charge on any atom is 0.181 e. The Morgan fingerprint density at radius 3 is 2.56 bits per heavy atom. The van der Waals surface area contributed by atoms with Crippen LogP contribution in [0.25, 0.3) is 0 Å². The van der Waals surface area contributed by atoms with Gasteiger partial charge in [-0.3, -0.25) is 4.79 Å². The van der Waals surface area contributed by atoms with Crippen LogP contribution in [-0.4, -0.2) is 23.3 Å². The van der Waals surface area contributed by atoms with Crippen LogP contribution in [0.3, 0.4) is 0 Å². The lowest BCUT2D eigenvalue weighted by atomic mass is 10.0. The van der Waals surface area contributed by atoms with E-state index in [1.807, 2.05) is 37.3 Å². The fourth-order valence-corrected chi connectivity index (χ4v) is 1.52. The van der Waals surface area contributed by atoms with Crippen LogP contribution in [0.5, 0.6) is 0 Å². The van der Waals surface area contributed by atoms with Gasteiger partial charge in [-0.1, -0.05) is 25.1 Å². The Hall–Kier alpha value is -1.64. The summed E-state index contributed by atoms with van der Waals surface area (Å²) in [4.78, 5) is 11.2. The lowest BCUT2D eigenvalue weighted by molar-refractivity contribution is -0.458. The number of hydrogen-bond acceptors (Lipinski definition) is 2. The molecule has 0 saturated heterocycles. The monoisotopic (exact) mass is 219 g/mol. The molecular weight excluding hydrogens is 202 g/mol. The van der Waals surface area contributed by atoms with Crippen molar-refractivity contribution in [1.29, 1.82) is 0 Å². The summed E-state index contributed by atoms with van der Waals surface area (Å²) < 4.78 is 0.838. The van der Waals surface area contributed by atoms with Crippen LogP contribution in [-0.2, 0) is 4.79 Å². The first-order valence-corrected chi connectivity index (χ1v) is 5.47. The molecule has 86 valence electrons. The second-order valence-corrected chi connectivity index (χ2v) is 3.86. The van der Waals surface area contributed by atoms with Crippen molar-refractivity contribution in [3.8, 4) is 0 Å². The average molecular weight is 219 g/mol. The van der Waals surface area contributed by atoms with E-state index in [0.29, 0.717) is 6.42 Å². The van der Waals surface area contributed by atoms with E-state index in [9.17, 15) is 10.0 Å². The van der Waals surface area contributed by atoms with E-state index in [4.69, 9.17) is 0 Å². The minimum atomic E-state index is -0.169. The van der Waals surface area contributed by atoms with Crippen molar-refractivity contribution in [2.45, 2.75) is 20.3 Å². The van der Waals surface area contributed by atoms with Gasteiger partial charge in [0.15, 0.2) is 12.8 Å². The highest BCUT2D eigenvalue weighted by molar-refractivity contribution is 5.78. The van der Waals surface area contributed by atoms with Crippen molar-refractivity contribution < 1.29 is 9.53 Å². The maximum absolute atomic E-state index is 11.6. The molecule has 3 heteroatoms. The van der Waals surface area contributed by atoms with E-state index in [0.717, 1.165) is 10.3 Å².